The fraction of sp³-hybridized carbons (Fsp3) is 0.933. The maximum Gasteiger partial charge on any atom is 0.410 e. The van der Waals surface area contributed by atoms with Crippen LogP contribution < -0.4 is 5.73 Å². The van der Waals surface area contributed by atoms with Gasteiger partial charge in [0, 0.05) is 12.1 Å². The summed E-state index contributed by atoms with van der Waals surface area (Å²) in [4.78, 5) is 14.3. The second-order valence-electron chi connectivity index (χ2n) is 7.04. The molecule has 0 aromatic rings. The molecule has 2 atom stereocenters. The third-order valence-corrected chi connectivity index (χ3v) is 4.25. The van der Waals surface area contributed by atoms with E-state index in [2.05, 4.69) is 0 Å². The van der Waals surface area contributed by atoms with Crippen molar-refractivity contribution in [3.8, 4) is 0 Å². The van der Waals surface area contributed by atoms with Gasteiger partial charge in [-0.25, -0.2) is 4.79 Å². The predicted molar refractivity (Wildman–Crippen MR) is 75.9 cm³/mol. The van der Waals surface area contributed by atoms with Crippen LogP contribution >= 0.6 is 0 Å². The molecule has 2 aliphatic rings. The van der Waals surface area contributed by atoms with Crippen LogP contribution in [-0.4, -0.2) is 35.2 Å². The third-order valence-electron chi connectivity index (χ3n) is 4.25. The first-order chi connectivity index (χ1) is 8.90. The number of piperidine rings is 1. The van der Waals surface area contributed by atoms with Gasteiger partial charge in [-0.05, 0) is 71.8 Å². The summed E-state index contributed by atoms with van der Waals surface area (Å²) >= 11 is 0. The highest BCUT2D eigenvalue weighted by atomic mass is 16.6. The molecular formula is C15H28N2O2. The number of carbonyl (C=O) groups is 1. The van der Waals surface area contributed by atoms with E-state index in [0.29, 0.717) is 12.1 Å². The Morgan fingerprint density at radius 2 is 1.84 bits per heavy atom. The van der Waals surface area contributed by atoms with Gasteiger partial charge in [0.15, 0.2) is 0 Å². The average molecular weight is 268 g/mol. The molecule has 2 saturated heterocycles. The molecule has 2 fully saturated rings. The lowest BCUT2D eigenvalue weighted by atomic mass is 9.87. The number of ether oxygens (including phenoxy) is 1. The number of amides is 1. The van der Waals surface area contributed by atoms with Gasteiger partial charge in [0.1, 0.15) is 5.60 Å². The SMILES string of the molecule is CC(C)(C)OC(=O)N1C2CCC1CC(CCCN)C2. The first-order valence-corrected chi connectivity index (χ1v) is 7.62. The Balaban J connectivity index is 1.93. The van der Waals surface area contributed by atoms with Crippen LogP contribution in [0.25, 0.3) is 0 Å². The molecule has 1 amide bonds. The third kappa shape index (κ3) is 3.62. The molecule has 2 heterocycles. The Labute approximate surface area is 116 Å². The topological polar surface area (TPSA) is 55.6 Å². The minimum Gasteiger partial charge on any atom is -0.444 e. The molecule has 19 heavy (non-hydrogen) atoms. The molecule has 0 saturated carbocycles. The molecular weight excluding hydrogens is 240 g/mol. The van der Waals surface area contributed by atoms with Crippen LogP contribution in [0.2, 0.25) is 0 Å². The highest BCUT2D eigenvalue weighted by molar-refractivity contribution is 5.69. The molecule has 0 spiro atoms. The minimum atomic E-state index is -0.396. The van der Waals surface area contributed by atoms with Gasteiger partial charge in [0.05, 0.1) is 0 Å². The van der Waals surface area contributed by atoms with Crippen LogP contribution in [0, 0.1) is 5.92 Å². The summed E-state index contributed by atoms with van der Waals surface area (Å²) in [5, 5.41) is 0. The number of fused-ring (bicyclic) bond motifs is 2. The first kappa shape index (κ1) is 14.6. The van der Waals surface area contributed by atoms with Crippen LogP contribution in [0.4, 0.5) is 4.79 Å². The maximum atomic E-state index is 12.3. The second kappa shape index (κ2) is 5.70. The van der Waals surface area contributed by atoms with Crippen LogP contribution in [0.3, 0.4) is 0 Å². The maximum absolute atomic E-state index is 12.3. The van der Waals surface area contributed by atoms with Crippen LogP contribution in [0.15, 0.2) is 0 Å². The Morgan fingerprint density at radius 3 is 2.32 bits per heavy atom. The van der Waals surface area contributed by atoms with Crippen molar-refractivity contribution in [3.05, 3.63) is 0 Å². The molecule has 0 aliphatic carbocycles. The van der Waals surface area contributed by atoms with Gasteiger partial charge in [-0.3, -0.25) is 0 Å². The molecule has 2 unspecified atom stereocenters. The Bertz CT molecular complexity index is 311. The lowest BCUT2D eigenvalue weighted by Gasteiger charge is -2.39. The Kier molecular flexibility index (Phi) is 4.39. The first-order valence-electron chi connectivity index (χ1n) is 7.62. The second-order valence-corrected chi connectivity index (χ2v) is 7.04. The number of hydrogen-bond donors (Lipinski definition) is 1. The fourth-order valence-electron chi connectivity index (χ4n) is 3.54. The van der Waals surface area contributed by atoms with E-state index in [-0.39, 0.29) is 6.09 Å². The molecule has 2 bridgehead atoms. The molecule has 2 aliphatic heterocycles. The summed E-state index contributed by atoms with van der Waals surface area (Å²) in [6.07, 6.45) is 6.76. The van der Waals surface area contributed by atoms with Gasteiger partial charge in [0.25, 0.3) is 0 Å². The normalized spacial score (nSPS) is 30.5. The summed E-state index contributed by atoms with van der Waals surface area (Å²) in [5.41, 5.74) is 5.20. The highest BCUT2D eigenvalue weighted by Crippen LogP contribution is 2.40. The monoisotopic (exact) mass is 268 g/mol. The summed E-state index contributed by atoms with van der Waals surface area (Å²) < 4.78 is 5.54. The van der Waals surface area contributed by atoms with Gasteiger partial charge >= 0.3 is 6.09 Å². The Morgan fingerprint density at radius 1 is 1.26 bits per heavy atom. The van der Waals surface area contributed by atoms with E-state index in [1.807, 2.05) is 25.7 Å². The van der Waals surface area contributed by atoms with E-state index in [1.165, 1.54) is 6.42 Å². The number of nitrogens with zero attached hydrogens (tertiary/aromatic N) is 1. The van der Waals surface area contributed by atoms with Crippen molar-refractivity contribution in [1.82, 2.24) is 4.90 Å². The van der Waals surface area contributed by atoms with Gasteiger partial charge in [-0.1, -0.05) is 0 Å². The lowest BCUT2D eigenvalue weighted by Crippen LogP contribution is -2.48. The summed E-state index contributed by atoms with van der Waals surface area (Å²) in [6, 6.07) is 0.799. The van der Waals surface area contributed by atoms with Gasteiger partial charge in [0.2, 0.25) is 0 Å². The summed E-state index contributed by atoms with van der Waals surface area (Å²) in [6.45, 7) is 6.57. The quantitative estimate of drug-likeness (QED) is 0.856. The predicted octanol–water partition coefficient (Wildman–Crippen LogP) is 2.90. The minimum absolute atomic E-state index is 0.114. The molecule has 4 nitrogen and oxygen atoms in total. The average Bonchev–Trinajstić information content (AvgIpc) is 2.56. The number of hydrogen-bond acceptors (Lipinski definition) is 3. The Hall–Kier alpha value is -0.770. The summed E-state index contributed by atoms with van der Waals surface area (Å²) in [7, 11) is 0. The molecule has 110 valence electrons. The van der Waals surface area contributed by atoms with E-state index < -0.39 is 5.60 Å². The molecule has 0 radical (unpaired) electrons. The summed E-state index contributed by atoms with van der Waals surface area (Å²) in [5.74, 6) is 0.750. The molecule has 0 aromatic heterocycles. The standard InChI is InChI=1S/C15H28N2O2/c1-15(2,3)19-14(18)17-12-6-7-13(17)10-11(9-12)5-4-8-16/h11-13H,4-10,16H2,1-3H3. The van der Waals surface area contributed by atoms with Crippen LogP contribution in [0.5, 0.6) is 0 Å². The van der Waals surface area contributed by atoms with Crippen molar-refractivity contribution in [2.24, 2.45) is 11.7 Å². The smallest absolute Gasteiger partial charge is 0.410 e. The molecule has 0 aromatic carbocycles. The molecule has 2 rings (SSSR count). The number of rotatable bonds is 3. The van der Waals surface area contributed by atoms with Gasteiger partial charge in [-0.15, -0.1) is 0 Å². The van der Waals surface area contributed by atoms with Crippen molar-refractivity contribution in [1.29, 1.82) is 0 Å². The largest absolute Gasteiger partial charge is 0.444 e. The zero-order valence-corrected chi connectivity index (χ0v) is 12.5. The van der Waals surface area contributed by atoms with Crippen molar-refractivity contribution in [3.63, 3.8) is 0 Å². The molecule has 2 N–H and O–H groups in total. The van der Waals surface area contributed by atoms with Crippen molar-refractivity contribution >= 4 is 6.09 Å². The van der Waals surface area contributed by atoms with E-state index >= 15 is 0 Å². The van der Waals surface area contributed by atoms with Gasteiger partial charge < -0.3 is 15.4 Å². The van der Waals surface area contributed by atoms with E-state index in [0.717, 1.165) is 44.6 Å². The molecule has 4 heteroatoms. The van der Waals surface area contributed by atoms with Crippen LogP contribution in [-0.2, 0) is 4.74 Å². The fourth-order valence-corrected chi connectivity index (χ4v) is 3.54. The number of carbonyl (C=O) groups excluding carboxylic acids is 1. The van der Waals surface area contributed by atoms with Gasteiger partial charge in [-0.2, -0.15) is 0 Å². The zero-order chi connectivity index (χ0) is 14.0. The number of nitrogens with two attached hydrogens (primary N) is 1. The van der Waals surface area contributed by atoms with Crippen LogP contribution in [0.1, 0.15) is 59.3 Å². The van der Waals surface area contributed by atoms with E-state index in [1.54, 1.807) is 0 Å². The lowest BCUT2D eigenvalue weighted by molar-refractivity contribution is 0.00157. The highest BCUT2D eigenvalue weighted by Gasteiger charge is 2.44. The van der Waals surface area contributed by atoms with Crippen molar-refractivity contribution < 1.29 is 9.53 Å². The van der Waals surface area contributed by atoms with Crippen molar-refractivity contribution in [2.45, 2.75) is 77.0 Å². The van der Waals surface area contributed by atoms with Crippen molar-refractivity contribution in [2.75, 3.05) is 6.54 Å². The van der Waals surface area contributed by atoms with E-state index in [9.17, 15) is 4.79 Å². The van der Waals surface area contributed by atoms with E-state index in [4.69, 9.17) is 10.5 Å². The zero-order valence-electron chi connectivity index (χ0n) is 12.5.